The molecule has 0 saturated heterocycles. The Morgan fingerprint density at radius 1 is 0.870 bits per heavy atom. The molecule has 0 fully saturated rings. The molecule has 1 aromatic rings. The molecule has 0 saturated carbocycles. The van der Waals surface area contributed by atoms with Crippen molar-refractivity contribution < 1.29 is 33.2 Å². The van der Waals surface area contributed by atoms with E-state index in [1.807, 2.05) is 0 Å². The van der Waals surface area contributed by atoms with Gasteiger partial charge in [0.2, 0.25) is 0 Å². The van der Waals surface area contributed by atoms with Crippen LogP contribution in [-0.2, 0) is 18.9 Å². The summed E-state index contributed by atoms with van der Waals surface area (Å²) in [5.74, 6) is 0.347. The number of methoxy groups -OCH3 is 3. The van der Waals surface area contributed by atoms with E-state index in [0.717, 1.165) is 0 Å². The molecular formula is C16H24O7. The van der Waals surface area contributed by atoms with Gasteiger partial charge < -0.3 is 28.4 Å². The number of hydrogen-bond donors (Lipinski definition) is 0. The number of ether oxygens (including phenoxy) is 6. The number of carbonyl (C=O) groups excluding carboxylic acids is 1. The monoisotopic (exact) mass is 328 g/mol. The average Bonchev–Trinajstić information content (AvgIpc) is 2.59. The summed E-state index contributed by atoms with van der Waals surface area (Å²) < 4.78 is 30.9. The van der Waals surface area contributed by atoms with Gasteiger partial charge in [0.1, 0.15) is 12.2 Å². The Labute approximate surface area is 136 Å². The molecule has 0 bridgehead atoms. The third-order valence-electron chi connectivity index (χ3n) is 2.89. The smallest absolute Gasteiger partial charge is 0.342 e. The van der Waals surface area contributed by atoms with E-state index in [0.29, 0.717) is 50.1 Å². The van der Waals surface area contributed by atoms with Gasteiger partial charge in [-0.25, -0.2) is 4.79 Å². The van der Waals surface area contributed by atoms with E-state index in [4.69, 9.17) is 28.4 Å². The number of para-hydroxylation sites is 1. The highest BCUT2D eigenvalue weighted by Gasteiger charge is 2.17. The van der Waals surface area contributed by atoms with Crippen LogP contribution in [0, 0.1) is 0 Å². The van der Waals surface area contributed by atoms with Crippen molar-refractivity contribution in [3.8, 4) is 11.5 Å². The number of hydrogen-bond acceptors (Lipinski definition) is 7. The second-order valence-electron chi connectivity index (χ2n) is 4.39. The molecule has 0 heterocycles. The Balaban J connectivity index is 2.27. The van der Waals surface area contributed by atoms with Crippen molar-refractivity contribution in [2.45, 2.75) is 0 Å². The van der Waals surface area contributed by atoms with Crippen molar-refractivity contribution in [1.82, 2.24) is 0 Å². The lowest BCUT2D eigenvalue weighted by Gasteiger charge is -2.12. The molecule has 0 aliphatic carbocycles. The minimum absolute atomic E-state index is 0.150. The number of carbonyl (C=O) groups is 1. The average molecular weight is 328 g/mol. The summed E-state index contributed by atoms with van der Waals surface area (Å²) in [6.45, 7) is 2.44. The lowest BCUT2D eigenvalue weighted by Crippen LogP contribution is -2.14. The first-order valence-corrected chi connectivity index (χ1v) is 7.27. The van der Waals surface area contributed by atoms with Gasteiger partial charge >= 0.3 is 5.97 Å². The zero-order valence-electron chi connectivity index (χ0n) is 13.8. The molecule has 0 N–H and O–H groups in total. The molecule has 0 atom stereocenters. The number of benzene rings is 1. The van der Waals surface area contributed by atoms with Gasteiger partial charge in [-0.05, 0) is 12.1 Å². The van der Waals surface area contributed by atoms with E-state index < -0.39 is 5.97 Å². The van der Waals surface area contributed by atoms with Gasteiger partial charge in [-0.3, -0.25) is 0 Å². The van der Waals surface area contributed by atoms with Crippen molar-refractivity contribution in [1.29, 1.82) is 0 Å². The maximum absolute atomic E-state index is 12.0. The van der Waals surface area contributed by atoms with Crippen LogP contribution in [0.1, 0.15) is 10.4 Å². The first-order valence-electron chi connectivity index (χ1n) is 7.27. The van der Waals surface area contributed by atoms with Gasteiger partial charge in [-0.2, -0.15) is 0 Å². The molecule has 7 heteroatoms. The second kappa shape index (κ2) is 11.7. The van der Waals surface area contributed by atoms with E-state index >= 15 is 0 Å². The highest BCUT2D eigenvalue weighted by atomic mass is 16.6. The van der Waals surface area contributed by atoms with Crippen molar-refractivity contribution in [3.05, 3.63) is 23.8 Å². The third-order valence-corrected chi connectivity index (χ3v) is 2.89. The molecule has 23 heavy (non-hydrogen) atoms. The first kappa shape index (κ1) is 19.2. The summed E-state index contributed by atoms with van der Waals surface area (Å²) in [6, 6.07) is 5.03. The molecule has 1 aromatic carbocycles. The fourth-order valence-electron chi connectivity index (χ4n) is 1.78. The Hall–Kier alpha value is -1.83. The summed E-state index contributed by atoms with van der Waals surface area (Å²) >= 11 is 0. The molecule has 0 amide bonds. The Kier molecular flexibility index (Phi) is 9.78. The Morgan fingerprint density at radius 2 is 1.52 bits per heavy atom. The fraction of sp³-hybridized carbons (Fsp3) is 0.562. The molecule has 0 aromatic heterocycles. The molecule has 0 aliphatic rings. The van der Waals surface area contributed by atoms with Crippen LogP contribution in [0.25, 0.3) is 0 Å². The summed E-state index contributed by atoms with van der Waals surface area (Å²) in [5, 5.41) is 0. The molecule has 1 rings (SSSR count). The Bertz CT molecular complexity index is 462. The molecule has 0 spiro atoms. The van der Waals surface area contributed by atoms with Crippen LogP contribution in [0.15, 0.2) is 18.2 Å². The summed E-state index contributed by atoms with van der Waals surface area (Å²) in [4.78, 5) is 12.0. The predicted octanol–water partition coefficient (Wildman–Crippen LogP) is 1.54. The van der Waals surface area contributed by atoms with Crippen LogP contribution in [0.5, 0.6) is 11.5 Å². The summed E-state index contributed by atoms with van der Waals surface area (Å²) in [7, 11) is 4.60. The van der Waals surface area contributed by atoms with Crippen LogP contribution in [0.2, 0.25) is 0 Å². The fourth-order valence-corrected chi connectivity index (χ4v) is 1.78. The third kappa shape index (κ3) is 6.85. The van der Waals surface area contributed by atoms with Gasteiger partial charge in [0.25, 0.3) is 0 Å². The van der Waals surface area contributed by atoms with Crippen molar-refractivity contribution in [2.24, 2.45) is 0 Å². The van der Waals surface area contributed by atoms with Gasteiger partial charge in [0, 0.05) is 7.11 Å². The van der Waals surface area contributed by atoms with E-state index in [2.05, 4.69) is 0 Å². The van der Waals surface area contributed by atoms with E-state index in [1.54, 1.807) is 25.3 Å². The highest BCUT2D eigenvalue weighted by Crippen LogP contribution is 2.30. The maximum Gasteiger partial charge on any atom is 0.342 e. The van der Waals surface area contributed by atoms with Crippen molar-refractivity contribution in [3.63, 3.8) is 0 Å². The van der Waals surface area contributed by atoms with Crippen LogP contribution in [0.4, 0.5) is 0 Å². The molecule has 0 unspecified atom stereocenters. The molecule has 0 radical (unpaired) electrons. The molecule has 0 aliphatic heterocycles. The minimum Gasteiger partial charge on any atom is -0.493 e. The van der Waals surface area contributed by atoms with Crippen LogP contribution < -0.4 is 9.47 Å². The minimum atomic E-state index is -0.485. The normalized spacial score (nSPS) is 10.4. The SMILES string of the molecule is COCCOCCOCCOC(=O)c1cccc(OC)c1OC. The zero-order chi connectivity index (χ0) is 16.9. The van der Waals surface area contributed by atoms with E-state index in [-0.39, 0.29) is 6.61 Å². The van der Waals surface area contributed by atoms with Crippen molar-refractivity contribution in [2.75, 3.05) is 61.0 Å². The lowest BCUT2D eigenvalue weighted by molar-refractivity contribution is 0.00559. The van der Waals surface area contributed by atoms with Crippen LogP contribution >= 0.6 is 0 Å². The van der Waals surface area contributed by atoms with E-state index in [1.165, 1.54) is 14.2 Å². The van der Waals surface area contributed by atoms with Gasteiger partial charge in [0.05, 0.1) is 47.3 Å². The maximum atomic E-state index is 12.0. The lowest BCUT2D eigenvalue weighted by atomic mass is 10.2. The zero-order valence-corrected chi connectivity index (χ0v) is 13.8. The van der Waals surface area contributed by atoms with Crippen molar-refractivity contribution >= 4 is 5.97 Å². The number of rotatable bonds is 12. The largest absolute Gasteiger partial charge is 0.493 e. The van der Waals surface area contributed by atoms with Crippen LogP contribution in [0.3, 0.4) is 0 Å². The standard InChI is InChI=1S/C16H24O7/c1-18-7-8-21-9-10-22-11-12-23-16(17)13-5-4-6-14(19-2)15(13)20-3/h4-6H,7-12H2,1-3H3. The van der Waals surface area contributed by atoms with Crippen LogP contribution in [-0.4, -0.2) is 66.9 Å². The van der Waals surface area contributed by atoms with E-state index in [9.17, 15) is 4.79 Å². The number of esters is 1. The summed E-state index contributed by atoms with van der Waals surface area (Å²) in [5.41, 5.74) is 0.315. The van der Waals surface area contributed by atoms with Gasteiger partial charge in [-0.1, -0.05) is 6.07 Å². The summed E-state index contributed by atoms with van der Waals surface area (Å²) in [6.07, 6.45) is 0. The molecule has 130 valence electrons. The van der Waals surface area contributed by atoms with Gasteiger partial charge in [-0.15, -0.1) is 0 Å². The Morgan fingerprint density at radius 3 is 2.13 bits per heavy atom. The van der Waals surface area contributed by atoms with Gasteiger partial charge in [0.15, 0.2) is 11.5 Å². The molecule has 7 nitrogen and oxygen atoms in total. The quantitative estimate of drug-likeness (QED) is 0.426. The molecular weight excluding hydrogens is 304 g/mol. The highest BCUT2D eigenvalue weighted by molar-refractivity contribution is 5.93. The predicted molar refractivity (Wildman–Crippen MR) is 83.3 cm³/mol. The second-order valence-corrected chi connectivity index (χ2v) is 4.39. The first-order chi connectivity index (χ1) is 11.2. The topological polar surface area (TPSA) is 72.5 Å².